The average Bonchev–Trinajstić information content (AvgIpc) is 2.95. The predicted molar refractivity (Wildman–Crippen MR) is 90.7 cm³/mol. The Morgan fingerprint density at radius 1 is 1.13 bits per heavy atom. The second-order valence-electron chi connectivity index (χ2n) is 6.25. The SMILES string of the molecule is Fc1ccc(-c2nc3ccccc3n2CC2CCCNC2)cc1. The molecule has 2 heterocycles. The van der Waals surface area contributed by atoms with E-state index in [2.05, 4.69) is 16.0 Å². The van der Waals surface area contributed by atoms with Gasteiger partial charge in [0.15, 0.2) is 0 Å². The summed E-state index contributed by atoms with van der Waals surface area (Å²) in [5.41, 5.74) is 3.11. The number of fused-ring (bicyclic) bond motifs is 1. The van der Waals surface area contributed by atoms with E-state index in [9.17, 15) is 4.39 Å². The summed E-state index contributed by atoms with van der Waals surface area (Å²) in [7, 11) is 0. The molecule has 0 amide bonds. The number of halogens is 1. The molecule has 1 N–H and O–H groups in total. The van der Waals surface area contributed by atoms with Crippen LogP contribution in [0, 0.1) is 11.7 Å². The molecular weight excluding hydrogens is 289 g/mol. The molecule has 0 saturated carbocycles. The van der Waals surface area contributed by atoms with E-state index >= 15 is 0 Å². The third kappa shape index (κ3) is 2.86. The third-order valence-corrected chi connectivity index (χ3v) is 4.60. The van der Waals surface area contributed by atoms with Gasteiger partial charge >= 0.3 is 0 Å². The third-order valence-electron chi connectivity index (χ3n) is 4.60. The molecule has 0 radical (unpaired) electrons. The number of imidazole rings is 1. The van der Waals surface area contributed by atoms with Crippen LogP contribution in [0.15, 0.2) is 48.5 Å². The maximum atomic E-state index is 13.2. The highest BCUT2D eigenvalue weighted by atomic mass is 19.1. The van der Waals surface area contributed by atoms with Crippen molar-refractivity contribution >= 4 is 11.0 Å². The fourth-order valence-electron chi connectivity index (χ4n) is 3.42. The minimum Gasteiger partial charge on any atom is -0.324 e. The Bertz CT molecular complexity index is 801. The lowest BCUT2D eigenvalue weighted by atomic mass is 9.99. The van der Waals surface area contributed by atoms with Crippen molar-refractivity contribution in [3.8, 4) is 11.4 Å². The summed E-state index contributed by atoms with van der Waals surface area (Å²) in [4.78, 5) is 4.80. The van der Waals surface area contributed by atoms with Gasteiger partial charge in [0, 0.05) is 12.1 Å². The molecular formula is C19H20FN3. The zero-order valence-corrected chi connectivity index (χ0v) is 13.0. The van der Waals surface area contributed by atoms with Crippen molar-refractivity contribution in [1.29, 1.82) is 0 Å². The van der Waals surface area contributed by atoms with Gasteiger partial charge in [-0.1, -0.05) is 12.1 Å². The van der Waals surface area contributed by atoms with Crippen LogP contribution in [-0.2, 0) is 6.54 Å². The van der Waals surface area contributed by atoms with E-state index in [-0.39, 0.29) is 5.82 Å². The molecule has 2 aromatic carbocycles. The first-order valence-corrected chi connectivity index (χ1v) is 8.23. The molecule has 1 fully saturated rings. The first kappa shape index (κ1) is 14.4. The lowest BCUT2D eigenvalue weighted by Gasteiger charge is -2.24. The molecule has 1 saturated heterocycles. The Balaban J connectivity index is 1.79. The van der Waals surface area contributed by atoms with Crippen molar-refractivity contribution in [1.82, 2.24) is 14.9 Å². The Morgan fingerprint density at radius 3 is 2.74 bits per heavy atom. The second kappa shape index (κ2) is 6.13. The largest absolute Gasteiger partial charge is 0.324 e. The minimum atomic E-state index is -0.215. The van der Waals surface area contributed by atoms with Crippen molar-refractivity contribution in [2.45, 2.75) is 19.4 Å². The van der Waals surface area contributed by atoms with Gasteiger partial charge in [0.2, 0.25) is 0 Å². The van der Waals surface area contributed by atoms with Crippen LogP contribution in [0.5, 0.6) is 0 Å². The monoisotopic (exact) mass is 309 g/mol. The van der Waals surface area contributed by atoms with E-state index < -0.39 is 0 Å². The number of rotatable bonds is 3. The Labute approximate surface area is 135 Å². The van der Waals surface area contributed by atoms with Crippen LogP contribution >= 0.6 is 0 Å². The van der Waals surface area contributed by atoms with Crippen LogP contribution in [0.2, 0.25) is 0 Å². The summed E-state index contributed by atoms with van der Waals surface area (Å²) < 4.78 is 15.5. The molecule has 0 bridgehead atoms. The first-order valence-electron chi connectivity index (χ1n) is 8.23. The van der Waals surface area contributed by atoms with Crippen molar-refractivity contribution in [2.75, 3.05) is 13.1 Å². The van der Waals surface area contributed by atoms with Crippen LogP contribution in [0.25, 0.3) is 22.4 Å². The summed E-state index contributed by atoms with van der Waals surface area (Å²) in [6.45, 7) is 3.11. The van der Waals surface area contributed by atoms with Gasteiger partial charge in [0.05, 0.1) is 11.0 Å². The van der Waals surface area contributed by atoms with Gasteiger partial charge in [0.1, 0.15) is 11.6 Å². The smallest absolute Gasteiger partial charge is 0.141 e. The molecule has 1 unspecified atom stereocenters. The number of nitrogens with one attached hydrogen (secondary N) is 1. The number of piperidine rings is 1. The Morgan fingerprint density at radius 2 is 1.96 bits per heavy atom. The average molecular weight is 309 g/mol. The van der Waals surface area contributed by atoms with Crippen LogP contribution in [-0.4, -0.2) is 22.6 Å². The fourth-order valence-corrected chi connectivity index (χ4v) is 3.42. The molecule has 1 atom stereocenters. The van der Waals surface area contributed by atoms with Crippen LogP contribution in [0.4, 0.5) is 4.39 Å². The zero-order chi connectivity index (χ0) is 15.6. The molecule has 1 aliphatic rings. The van der Waals surface area contributed by atoms with E-state index in [1.807, 2.05) is 30.3 Å². The van der Waals surface area contributed by atoms with E-state index in [0.717, 1.165) is 42.1 Å². The quantitative estimate of drug-likeness (QED) is 0.796. The van der Waals surface area contributed by atoms with E-state index in [0.29, 0.717) is 5.92 Å². The van der Waals surface area contributed by atoms with Gasteiger partial charge < -0.3 is 9.88 Å². The van der Waals surface area contributed by atoms with Crippen molar-refractivity contribution < 1.29 is 4.39 Å². The summed E-state index contributed by atoms with van der Waals surface area (Å²) >= 11 is 0. The molecule has 1 aliphatic heterocycles. The minimum absolute atomic E-state index is 0.215. The predicted octanol–water partition coefficient (Wildman–Crippen LogP) is 3.84. The van der Waals surface area contributed by atoms with Gasteiger partial charge in [0.25, 0.3) is 0 Å². The van der Waals surface area contributed by atoms with Gasteiger partial charge in [-0.3, -0.25) is 0 Å². The molecule has 4 heteroatoms. The number of nitrogens with zero attached hydrogens (tertiary/aromatic N) is 2. The summed E-state index contributed by atoms with van der Waals surface area (Å²) in [5.74, 6) is 1.32. The molecule has 0 spiro atoms. The fraction of sp³-hybridized carbons (Fsp3) is 0.316. The highest BCUT2D eigenvalue weighted by Crippen LogP contribution is 2.27. The van der Waals surface area contributed by atoms with Crippen molar-refractivity contribution in [3.63, 3.8) is 0 Å². The Hall–Kier alpha value is -2.20. The number of para-hydroxylation sites is 2. The molecule has 0 aliphatic carbocycles. The maximum Gasteiger partial charge on any atom is 0.141 e. The van der Waals surface area contributed by atoms with E-state index in [1.54, 1.807) is 0 Å². The topological polar surface area (TPSA) is 29.9 Å². The normalized spacial score (nSPS) is 18.4. The standard InChI is InChI=1S/C19H20FN3/c20-16-9-7-15(8-10-16)19-22-17-5-1-2-6-18(17)23(19)13-14-4-3-11-21-12-14/h1-2,5-10,14,21H,3-4,11-13H2. The van der Waals surface area contributed by atoms with Gasteiger partial charge in [-0.2, -0.15) is 0 Å². The van der Waals surface area contributed by atoms with Crippen LogP contribution in [0.1, 0.15) is 12.8 Å². The highest BCUT2D eigenvalue weighted by Gasteiger charge is 2.18. The number of benzene rings is 2. The lowest BCUT2D eigenvalue weighted by molar-refractivity contribution is 0.341. The van der Waals surface area contributed by atoms with E-state index in [1.165, 1.54) is 25.0 Å². The van der Waals surface area contributed by atoms with Gasteiger partial charge in [-0.15, -0.1) is 0 Å². The molecule has 3 aromatic rings. The zero-order valence-electron chi connectivity index (χ0n) is 13.0. The molecule has 3 nitrogen and oxygen atoms in total. The number of hydrogen-bond donors (Lipinski definition) is 1. The first-order chi connectivity index (χ1) is 11.3. The highest BCUT2D eigenvalue weighted by molar-refractivity contribution is 5.80. The van der Waals surface area contributed by atoms with Gasteiger partial charge in [-0.05, 0) is 68.2 Å². The van der Waals surface area contributed by atoms with E-state index in [4.69, 9.17) is 4.98 Å². The number of hydrogen-bond acceptors (Lipinski definition) is 2. The Kier molecular flexibility index (Phi) is 3.83. The summed E-state index contributed by atoms with van der Waals surface area (Å²) in [5, 5.41) is 3.48. The molecule has 4 rings (SSSR count). The van der Waals surface area contributed by atoms with Gasteiger partial charge in [-0.25, -0.2) is 9.37 Å². The second-order valence-corrected chi connectivity index (χ2v) is 6.25. The summed E-state index contributed by atoms with van der Waals surface area (Å²) in [6, 6.07) is 14.8. The molecule has 1 aromatic heterocycles. The van der Waals surface area contributed by atoms with Crippen LogP contribution < -0.4 is 5.32 Å². The summed E-state index contributed by atoms with van der Waals surface area (Å²) in [6.07, 6.45) is 2.46. The number of aromatic nitrogens is 2. The molecule has 118 valence electrons. The van der Waals surface area contributed by atoms with Crippen LogP contribution in [0.3, 0.4) is 0 Å². The maximum absolute atomic E-state index is 13.2. The van der Waals surface area contributed by atoms with Crippen molar-refractivity contribution in [2.24, 2.45) is 5.92 Å². The lowest BCUT2D eigenvalue weighted by Crippen LogP contribution is -2.32. The van der Waals surface area contributed by atoms with Crippen molar-refractivity contribution in [3.05, 3.63) is 54.3 Å². The molecule has 23 heavy (non-hydrogen) atoms.